The molecule has 4 aromatic rings. The summed E-state index contributed by atoms with van der Waals surface area (Å²) >= 11 is 0. The van der Waals surface area contributed by atoms with Gasteiger partial charge in [-0.3, -0.25) is 0 Å². The fourth-order valence-electron chi connectivity index (χ4n) is 3.94. The third-order valence-corrected chi connectivity index (χ3v) is 5.37. The van der Waals surface area contributed by atoms with Crippen LogP contribution in [0.5, 0.6) is 5.75 Å². The summed E-state index contributed by atoms with van der Waals surface area (Å²) in [5, 5.41) is 24.4. The van der Waals surface area contributed by atoms with Crippen LogP contribution >= 0.6 is 0 Å². The monoisotopic (exact) mass is 344 g/mol. The minimum atomic E-state index is 0.219. The minimum absolute atomic E-state index is 0.219. The average molecular weight is 344 g/mol. The number of aromatic amines is 1. The zero-order valence-electron chi connectivity index (χ0n) is 14.4. The highest BCUT2D eigenvalue weighted by atomic mass is 16.3. The van der Waals surface area contributed by atoms with Crippen LogP contribution in [0, 0.1) is 0 Å². The van der Waals surface area contributed by atoms with Crippen molar-refractivity contribution < 1.29 is 5.11 Å². The topological polar surface area (TPSA) is 73.8 Å². The first-order valence-corrected chi connectivity index (χ1v) is 9.08. The molecule has 5 rings (SSSR count). The van der Waals surface area contributed by atoms with E-state index in [1.165, 1.54) is 23.8 Å². The van der Waals surface area contributed by atoms with E-state index in [0.717, 1.165) is 29.6 Å². The number of benzene rings is 2. The van der Waals surface area contributed by atoms with Gasteiger partial charge in [-0.05, 0) is 67.7 Å². The van der Waals surface area contributed by atoms with Crippen molar-refractivity contribution in [1.82, 2.24) is 20.5 Å². The van der Waals surface area contributed by atoms with Crippen molar-refractivity contribution in [3.05, 3.63) is 54.1 Å². The van der Waals surface area contributed by atoms with E-state index in [-0.39, 0.29) is 5.75 Å². The van der Waals surface area contributed by atoms with Crippen molar-refractivity contribution >= 4 is 21.9 Å². The molecule has 0 saturated carbocycles. The number of nitrogens with zero attached hydrogens (tertiary/aromatic N) is 2. The Morgan fingerprint density at radius 3 is 2.62 bits per heavy atom. The van der Waals surface area contributed by atoms with Crippen LogP contribution in [0.4, 0.5) is 0 Å². The van der Waals surface area contributed by atoms with Gasteiger partial charge in [0.2, 0.25) is 0 Å². The predicted molar refractivity (Wildman–Crippen MR) is 103 cm³/mol. The van der Waals surface area contributed by atoms with Gasteiger partial charge in [0.1, 0.15) is 5.75 Å². The molecule has 1 aliphatic rings. The number of hydrogen-bond donors (Lipinski definition) is 3. The lowest BCUT2D eigenvalue weighted by molar-refractivity contribution is 0.460. The van der Waals surface area contributed by atoms with Gasteiger partial charge in [-0.15, -0.1) is 10.2 Å². The Bertz CT molecular complexity index is 1100. The Labute approximate surface area is 151 Å². The maximum atomic E-state index is 10.1. The van der Waals surface area contributed by atoms with Crippen LogP contribution in [0.2, 0.25) is 0 Å². The Hall–Kier alpha value is -2.92. The largest absolute Gasteiger partial charge is 0.507 e. The van der Waals surface area contributed by atoms with Crippen molar-refractivity contribution in [3.63, 3.8) is 0 Å². The minimum Gasteiger partial charge on any atom is -0.507 e. The molecule has 2 aromatic carbocycles. The normalized spacial score (nSPS) is 15.7. The molecule has 0 atom stereocenters. The van der Waals surface area contributed by atoms with E-state index < -0.39 is 0 Å². The van der Waals surface area contributed by atoms with Gasteiger partial charge in [0.25, 0.3) is 0 Å². The molecule has 2 aromatic heterocycles. The maximum Gasteiger partial charge on any atom is 0.161 e. The molecule has 3 N–H and O–H groups in total. The summed E-state index contributed by atoms with van der Waals surface area (Å²) in [4.78, 5) is 3.35. The zero-order chi connectivity index (χ0) is 17.5. The van der Waals surface area contributed by atoms with Crippen LogP contribution in [0.1, 0.15) is 24.3 Å². The van der Waals surface area contributed by atoms with Gasteiger partial charge >= 0.3 is 0 Å². The van der Waals surface area contributed by atoms with E-state index in [1.807, 2.05) is 24.3 Å². The summed E-state index contributed by atoms with van der Waals surface area (Å²) in [5.41, 5.74) is 4.62. The Kier molecular flexibility index (Phi) is 3.60. The number of aromatic hydroxyl groups is 1. The molecule has 3 heterocycles. The molecule has 0 aliphatic carbocycles. The highest BCUT2D eigenvalue weighted by Gasteiger charge is 2.17. The molecule has 130 valence electrons. The number of nitrogens with one attached hydrogen (secondary N) is 2. The van der Waals surface area contributed by atoms with Crippen LogP contribution in [0.15, 0.2) is 48.5 Å². The number of hydrogen-bond acceptors (Lipinski definition) is 4. The average Bonchev–Trinajstić information content (AvgIpc) is 3.06. The van der Waals surface area contributed by atoms with E-state index in [9.17, 15) is 5.11 Å². The fourth-order valence-corrected chi connectivity index (χ4v) is 3.94. The van der Waals surface area contributed by atoms with Crippen molar-refractivity contribution in [1.29, 1.82) is 0 Å². The van der Waals surface area contributed by atoms with E-state index >= 15 is 0 Å². The number of piperidine rings is 1. The third-order valence-electron chi connectivity index (χ3n) is 5.37. The van der Waals surface area contributed by atoms with E-state index in [4.69, 9.17) is 0 Å². The number of H-pyrrole nitrogens is 1. The molecule has 0 radical (unpaired) electrons. The summed E-state index contributed by atoms with van der Waals surface area (Å²) in [5.74, 6) is 0.828. The van der Waals surface area contributed by atoms with Gasteiger partial charge in [-0.25, -0.2) is 0 Å². The number of phenols is 1. The van der Waals surface area contributed by atoms with Crippen LogP contribution < -0.4 is 5.32 Å². The third kappa shape index (κ3) is 2.52. The van der Waals surface area contributed by atoms with Crippen molar-refractivity contribution in [3.8, 4) is 17.0 Å². The van der Waals surface area contributed by atoms with Gasteiger partial charge < -0.3 is 15.4 Å². The molecule has 0 spiro atoms. The highest BCUT2D eigenvalue weighted by molar-refractivity contribution is 6.06. The first-order chi connectivity index (χ1) is 12.8. The lowest BCUT2D eigenvalue weighted by Crippen LogP contribution is -2.26. The van der Waals surface area contributed by atoms with Crippen LogP contribution in [0.3, 0.4) is 0 Å². The summed E-state index contributed by atoms with van der Waals surface area (Å²) < 4.78 is 0. The van der Waals surface area contributed by atoms with Gasteiger partial charge in [0.05, 0.1) is 5.69 Å². The van der Waals surface area contributed by atoms with Crippen molar-refractivity contribution in [2.45, 2.75) is 18.8 Å². The van der Waals surface area contributed by atoms with E-state index in [2.05, 4.69) is 38.7 Å². The molecule has 1 aliphatic heterocycles. The second-order valence-electron chi connectivity index (χ2n) is 6.96. The van der Waals surface area contributed by atoms with E-state index in [1.54, 1.807) is 6.07 Å². The number of aromatic nitrogens is 3. The SMILES string of the molecule is Oc1ccccc1-c1cc2c(nn1)[nH]c1ccc(C3CCNCC3)cc12. The standard InChI is InChI=1S/C21H20N4O/c26-20-4-2-1-3-15(20)19-12-17-16-11-14(13-7-9-22-10-8-13)5-6-18(16)23-21(17)25-24-19/h1-6,11-13,22,26H,7-10H2,(H,23,25). The predicted octanol–water partition coefficient (Wildman–Crippen LogP) is 3.95. The molecular formula is C21H20N4O. The Morgan fingerprint density at radius 1 is 0.923 bits per heavy atom. The molecule has 5 nitrogen and oxygen atoms in total. The Balaban J connectivity index is 1.66. The second kappa shape index (κ2) is 6.11. The number of fused-ring (bicyclic) bond motifs is 3. The lowest BCUT2D eigenvalue weighted by Gasteiger charge is -2.23. The van der Waals surface area contributed by atoms with Gasteiger partial charge in [-0.2, -0.15) is 0 Å². The maximum absolute atomic E-state index is 10.1. The number of rotatable bonds is 2. The summed E-state index contributed by atoms with van der Waals surface area (Å²) in [6.07, 6.45) is 2.35. The molecule has 5 heteroatoms. The zero-order valence-corrected chi connectivity index (χ0v) is 14.4. The smallest absolute Gasteiger partial charge is 0.161 e. The van der Waals surface area contributed by atoms with Crippen LogP contribution in [-0.4, -0.2) is 33.4 Å². The van der Waals surface area contributed by atoms with Gasteiger partial charge in [-0.1, -0.05) is 18.2 Å². The molecule has 26 heavy (non-hydrogen) atoms. The van der Waals surface area contributed by atoms with Crippen molar-refractivity contribution in [2.75, 3.05) is 13.1 Å². The quantitative estimate of drug-likeness (QED) is 0.515. The molecule has 0 unspecified atom stereocenters. The number of phenolic OH excluding ortho intramolecular Hbond substituents is 1. The molecule has 1 saturated heterocycles. The Morgan fingerprint density at radius 2 is 1.77 bits per heavy atom. The summed E-state index contributed by atoms with van der Waals surface area (Å²) in [7, 11) is 0. The fraction of sp³-hybridized carbons (Fsp3) is 0.238. The first kappa shape index (κ1) is 15.3. The summed E-state index contributed by atoms with van der Waals surface area (Å²) in [6.45, 7) is 2.17. The molecule has 0 bridgehead atoms. The van der Waals surface area contributed by atoms with Crippen LogP contribution in [-0.2, 0) is 0 Å². The summed E-state index contributed by atoms with van der Waals surface area (Å²) in [6, 6.07) is 15.9. The lowest BCUT2D eigenvalue weighted by atomic mass is 9.89. The molecule has 0 amide bonds. The molecular weight excluding hydrogens is 324 g/mol. The van der Waals surface area contributed by atoms with Crippen LogP contribution in [0.25, 0.3) is 33.2 Å². The van der Waals surface area contributed by atoms with Crippen molar-refractivity contribution in [2.24, 2.45) is 0 Å². The van der Waals surface area contributed by atoms with Gasteiger partial charge in [0, 0.05) is 21.9 Å². The number of para-hydroxylation sites is 1. The first-order valence-electron chi connectivity index (χ1n) is 9.08. The highest BCUT2D eigenvalue weighted by Crippen LogP contribution is 2.33. The van der Waals surface area contributed by atoms with E-state index in [0.29, 0.717) is 17.2 Å². The van der Waals surface area contributed by atoms with Gasteiger partial charge in [0.15, 0.2) is 5.65 Å². The molecule has 1 fully saturated rings. The second-order valence-corrected chi connectivity index (χ2v) is 6.96.